The monoisotopic (exact) mass is 622 g/mol. The molecule has 0 atom stereocenters. The lowest BCUT2D eigenvalue weighted by molar-refractivity contribution is 0.0694. The fraction of sp³-hybridized carbons (Fsp3) is 0.270. The normalized spacial score (nSPS) is 13.9. The molecule has 0 saturated carbocycles. The van der Waals surface area contributed by atoms with Crippen LogP contribution in [0.1, 0.15) is 27.9 Å². The molecule has 5 aromatic rings. The highest BCUT2D eigenvalue weighted by Gasteiger charge is 2.22. The van der Waals surface area contributed by atoms with Gasteiger partial charge in [0.05, 0.1) is 0 Å². The summed E-state index contributed by atoms with van der Waals surface area (Å²) in [6.07, 6.45) is 3.99. The summed E-state index contributed by atoms with van der Waals surface area (Å²) in [5.41, 5.74) is 7.27. The third-order valence-corrected chi connectivity index (χ3v) is 8.82. The molecule has 0 spiro atoms. The third-order valence-electron chi connectivity index (χ3n) is 8.57. The summed E-state index contributed by atoms with van der Waals surface area (Å²) in [6.45, 7) is 5.38. The van der Waals surface area contributed by atoms with Crippen molar-refractivity contribution in [2.45, 2.75) is 19.4 Å². The number of fused-ring (bicyclic) bond motifs is 1. The molecule has 7 nitrogen and oxygen atoms in total. The average Bonchev–Trinajstić information content (AvgIpc) is 3.52. The van der Waals surface area contributed by atoms with E-state index >= 15 is 0 Å². The van der Waals surface area contributed by atoms with Gasteiger partial charge in [-0.05, 0) is 98.2 Å². The van der Waals surface area contributed by atoms with E-state index < -0.39 is 5.97 Å². The summed E-state index contributed by atoms with van der Waals surface area (Å²) >= 11 is 6.23. The number of aromatic carboxylic acids is 1. The highest BCUT2D eigenvalue weighted by atomic mass is 35.5. The zero-order chi connectivity index (χ0) is 31.3. The van der Waals surface area contributed by atoms with Gasteiger partial charge in [-0.15, -0.1) is 0 Å². The van der Waals surface area contributed by atoms with Crippen LogP contribution in [-0.4, -0.2) is 72.7 Å². The van der Waals surface area contributed by atoms with Crippen molar-refractivity contribution in [1.82, 2.24) is 14.8 Å². The van der Waals surface area contributed by atoms with Crippen LogP contribution in [0.3, 0.4) is 0 Å². The van der Waals surface area contributed by atoms with Gasteiger partial charge in [-0.25, -0.2) is 4.79 Å². The van der Waals surface area contributed by atoms with Crippen molar-refractivity contribution in [3.05, 3.63) is 113 Å². The number of benzene rings is 4. The number of nitrogens with one attached hydrogen (secondary N) is 1. The summed E-state index contributed by atoms with van der Waals surface area (Å²) < 4.78 is 6.25. The van der Waals surface area contributed by atoms with Crippen molar-refractivity contribution < 1.29 is 14.6 Å². The van der Waals surface area contributed by atoms with E-state index in [1.165, 1.54) is 22.3 Å². The van der Waals surface area contributed by atoms with Crippen molar-refractivity contribution >= 4 is 34.2 Å². The van der Waals surface area contributed by atoms with Gasteiger partial charge in [0, 0.05) is 66.6 Å². The van der Waals surface area contributed by atoms with E-state index in [1.807, 2.05) is 54.7 Å². The topological polar surface area (TPSA) is 72.0 Å². The van der Waals surface area contributed by atoms with E-state index in [4.69, 9.17) is 16.3 Å². The minimum Gasteiger partial charge on any atom is -0.478 e. The number of carbonyl (C=O) groups is 1. The fourth-order valence-electron chi connectivity index (χ4n) is 6.16. The lowest BCUT2D eigenvalue weighted by Gasteiger charge is -2.37. The van der Waals surface area contributed by atoms with Gasteiger partial charge in [0.15, 0.2) is 0 Å². The molecule has 0 bridgehead atoms. The van der Waals surface area contributed by atoms with Crippen LogP contribution in [0.4, 0.5) is 5.69 Å². The first-order valence-corrected chi connectivity index (χ1v) is 15.8. The molecule has 1 aromatic heterocycles. The first-order valence-electron chi connectivity index (χ1n) is 15.5. The molecule has 0 amide bonds. The number of carboxylic acids is 1. The first kappa shape index (κ1) is 30.7. The molecule has 1 aliphatic heterocycles. The molecule has 8 heteroatoms. The molecule has 6 rings (SSSR count). The smallest absolute Gasteiger partial charge is 0.339 e. The number of ether oxygens (including phenoxy) is 1. The van der Waals surface area contributed by atoms with Gasteiger partial charge in [0.2, 0.25) is 0 Å². The van der Waals surface area contributed by atoms with Crippen LogP contribution in [-0.2, 0) is 13.0 Å². The number of carboxylic acid groups (broad SMARTS) is 1. The summed E-state index contributed by atoms with van der Waals surface area (Å²) in [7, 11) is 4.24. The molecule has 4 aromatic carbocycles. The van der Waals surface area contributed by atoms with E-state index in [9.17, 15) is 9.90 Å². The van der Waals surface area contributed by atoms with E-state index in [0.29, 0.717) is 11.5 Å². The molecule has 1 saturated heterocycles. The number of rotatable bonds is 11. The SMILES string of the molecule is CN(C)CCCc1cccc(-c2ccc(Cl)cc2)c1CN1CCN(c2ccc(C(=O)O)c(Oc3cccc4[nH]ccc34)c2)CC1. The number of piperazine rings is 1. The number of H-pyrrole nitrogens is 1. The number of nitrogens with zero attached hydrogens (tertiary/aromatic N) is 3. The van der Waals surface area contributed by atoms with Crippen molar-refractivity contribution in [2.75, 3.05) is 51.7 Å². The molecule has 0 aliphatic carbocycles. The first-order chi connectivity index (χ1) is 21.9. The number of hydrogen-bond acceptors (Lipinski definition) is 5. The maximum Gasteiger partial charge on any atom is 0.339 e. The zero-order valence-corrected chi connectivity index (χ0v) is 26.6. The Morgan fingerprint density at radius 1 is 0.933 bits per heavy atom. The molecule has 0 unspecified atom stereocenters. The van der Waals surface area contributed by atoms with Crippen LogP contribution in [0.25, 0.3) is 22.0 Å². The summed E-state index contributed by atoms with van der Waals surface area (Å²) in [4.78, 5) is 22.3. The van der Waals surface area contributed by atoms with Gasteiger partial charge in [0.1, 0.15) is 17.1 Å². The number of aromatic nitrogens is 1. The highest BCUT2D eigenvalue weighted by Crippen LogP contribution is 2.35. The standard InChI is InChI=1S/C37H39ClN4O3/c1-40(2)19-5-7-26-6-3-8-30(27-11-13-28(38)14-12-27)33(26)25-41-20-22-42(23-21-41)29-15-16-32(37(43)44)36(24-29)45-35-10-4-9-34-31(35)17-18-39-34/h3-4,6,8-18,24,39H,5,7,19-23,25H2,1-2H3,(H,43,44). The van der Waals surface area contributed by atoms with Crippen molar-refractivity contribution in [1.29, 1.82) is 0 Å². The maximum atomic E-state index is 12.1. The van der Waals surface area contributed by atoms with Gasteiger partial charge in [-0.3, -0.25) is 4.90 Å². The van der Waals surface area contributed by atoms with E-state index in [-0.39, 0.29) is 5.56 Å². The molecular weight excluding hydrogens is 584 g/mol. The van der Waals surface area contributed by atoms with E-state index in [2.05, 4.69) is 64.1 Å². The number of hydrogen-bond donors (Lipinski definition) is 2. The molecular formula is C37H39ClN4O3. The molecule has 232 valence electrons. The van der Waals surface area contributed by atoms with Gasteiger partial charge < -0.3 is 24.6 Å². The number of aromatic amines is 1. The summed E-state index contributed by atoms with van der Waals surface area (Å²) in [5.74, 6) is -0.0438. The Morgan fingerprint density at radius 2 is 1.71 bits per heavy atom. The predicted octanol–water partition coefficient (Wildman–Crippen LogP) is 7.80. The molecule has 0 radical (unpaired) electrons. The average molecular weight is 623 g/mol. The Bertz CT molecular complexity index is 1770. The van der Waals surface area contributed by atoms with Gasteiger partial charge in [0.25, 0.3) is 0 Å². The molecule has 1 aliphatic rings. The number of anilines is 1. The van der Waals surface area contributed by atoms with Crippen LogP contribution in [0.5, 0.6) is 11.5 Å². The quantitative estimate of drug-likeness (QED) is 0.157. The fourth-order valence-corrected chi connectivity index (χ4v) is 6.29. The third kappa shape index (κ3) is 7.17. The zero-order valence-electron chi connectivity index (χ0n) is 25.8. The van der Waals surface area contributed by atoms with Gasteiger partial charge in [-0.2, -0.15) is 0 Å². The molecule has 2 N–H and O–H groups in total. The van der Waals surface area contributed by atoms with Crippen LogP contribution in [0.2, 0.25) is 5.02 Å². The van der Waals surface area contributed by atoms with Gasteiger partial charge >= 0.3 is 5.97 Å². The second-order valence-electron chi connectivity index (χ2n) is 11.9. The van der Waals surface area contributed by atoms with Crippen molar-refractivity contribution in [3.63, 3.8) is 0 Å². The van der Waals surface area contributed by atoms with Gasteiger partial charge in [-0.1, -0.05) is 48.0 Å². The largest absolute Gasteiger partial charge is 0.478 e. The van der Waals surface area contributed by atoms with Crippen molar-refractivity contribution in [2.24, 2.45) is 0 Å². The van der Waals surface area contributed by atoms with E-state index in [0.717, 1.165) is 73.7 Å². The van der Waals surface area contributed by atoms with E-state index in [1.54, 1.807) is 6.07 Å². The van der Waals surface area contributed by atoms with Crippen LogP contribution >= 0.6 is 11.6 Å². The number of aryl methyl sites for hydroxylation is 1. The minimum atomic E-state index is -1.01. The van der Waals surface area contributed by atoms with Crippen LogP contribution < -0.4 is 9.64 Å². The number of halogens is 1. The maximum absolute atomic E-state index is 12.1. The summed E-state index contributed by atoms with van der Waals surface area (Å²) in [5, 5.41) is 11.6. The Kier molecular flexibility index (Phi) is 9.40. The second kappa shape index (κ2) is 13.8. The Balaban J connectivity index is 1.20. The lowest BCUT2D eigenvalue weighted by Crippen LogP contribution is -2.46. The molecule has 2 heterocycles. The second-order valence-corrected chi connectivity index (χ2v) is 12.3. The minimum absolute atomic E-state index is 0.144. The predicted molar refractivity (Wildman–Crippen MR) is 183 cm³/mol. The summed E-state index contributed by atoms with van der Waals surface area (Å²) in [6, 6.07) is 27.9. The van der Waals surface area contributed by atoms with Crippen LogP contribution in [0.15, 0.2) is 91.1 Å². The Hall–Kier alpha value is -4.30. The Labute approximate surface area is 269 Å². The van der Waals surface area contributed by atoms with Crippen molar-refractivity contribution in [3.8, 4) is 22.6 Å². The molecule has 45 heavy (non-hydrogen) atoms. The molecule has 1 fully saturated rings. The Morgan fingerprint density at radius 3 is 2.47 bits per heavy atom. The highest BCUT2D eigenvalue weighted by molar-refractivity contribution is 6.30. The lowest BCUT2D eigenvalue weighted by atomic mass is 9.92. The van der Waals surface area contributed by atoms with Crippen LogP contribution in [0, 0.1) is 0 Å².